The summed E-state index contributed by atoms with van der Waals surface area (Å²) in [5.74, 6) is -1.01. The fourth-order valence-electron chi connectivity index (χ4n) is 2.37. The fourth-order valence-corrected chi connectivity index (χ4v) is 2.37. The van der Waals surface area contributed by atoms with Gasteiger partial charge in [-0.3, -0.25) is 0 Å². The molecular weight excluding hydrogens is 222 g/mol. The van der Waals surface area contributed by atoms with Gasteiger partial charge in [-0.25, -0.2) is 8.78 Å². The number of nitrogens with one attached hydrogen (secondary N) is 1. The van der Waals surface area contributed by atoms with E-state index in [0.717, 1.165) is 19.2 Å². The molecule has 1 saturated heterocycles. The summed E-state index contributed by atoms with van der Waals surface area (Å²) in [4.78, 5) is 2.09. The van der Waals surface area contributed by atoms with Gasteiger partial charge in [0.2, 0.25) is 0 Å². The minimum Gasteiger partial charge on any atom is -0.313 e. The van der Waals surface area contributed by atoms with Crippen LogP contribution in [0.2, 0.25) is 0 Å². The Bertz CT molecular complexity index is 355. The molecule has 1 unspecified atom stereocenters. The quantitative estimate of drug-likeness (QED) is 0.867. The Morgan fingerprint density at radius 3 is 2.59 bits per heavy atom. The third-order valence-corrected chi connectivity index (χ3v) is 3.07. The van der Waals surface area contributed by atoms with Crippen molar-refractivity contribution in [2.24, 2.45) is 0 Å². The Morgan fingerprint density at radius 2 is 2.00 bits per heavy atom. The van der Waals surface area contributed by atoms with Crippen molar-refractivity contribution in [3.63, 3.8) is 0 Å². The van der Waals surface area contributed by atoms with Gasteiger partial charge in [-0.2, -0.15) is 0 Å². The van der Waals surface area contributed by atoms with Gasteiger partial charge in [0.15, 0.2) is 0 Å². The van der Waals surface area contributed by atoms with E-state index in [1.54, 1.807) is 0 Å². The Hall–Kier alpha value is -1.00. The molecular formula is C13H18F2N2. The molecule has 1 aromatic rings. The Labute approximate surface area is 101 Å². The SMILES string of the molecule is CN(Cc1cc(F)cc(F)c1)CC1CCCN1. The number of rotatable bonds is 4. The second-order valence-electron chi connectivity index (χ2n) is 4.77. The van der Waals surface area contributed by atoms with Crippen LogP contribution in [0.3, 0.4) is 0 Å². The van der Waals surface area contributed by atoms with E-state index in [-0.39, 0.29) is 0 Å². The van der Waals surface area contributed by atoms with Gasteiger partial charge in [-0.05, 0) is 44.1 Å². The van der Waals surface area contributed by atoms with Crippen molar-refractivity contribution in [3.8, 4) is 0 Å². The highest BCUT2D eigenvalue weighted by atomic mass is 19.1. The van der Waals surface area contributed by atoms with Gasteiger partial charge < -0.3 is 10.2 Å². The van der Waals surface area contributed by atoms with Crippen LogP contribution in [0.25, 0.3) is 0 Å². The average Bonchev–Trinajstić information content (AvgIpc) is 2.67. The maximum absolute atomic E-state index is 13.0. The van der Waals surface area contributed by atoms with E-state index in [1.165, 1.54) is 25.0 Å². The molecule has 2 nitrogen and oxygen atoms in total. The molecule has 1 aromatic carbocycles. The topological polar surface area (TPSA) is 15.3 Å². The molecule has 0 aromatic heterocycles. The largest absolute Gasteiger partial charge is 0.313 e. The van der Waals surface area contributed by atoms with E-state index in [0.29, 0.717) is 18.2 Å². The molecule has 0 saturated carbocycles. The first-order valence-electron chi connectivity index (χ1n) is 6.00. The van der Waals surface area contributed by atoms with Crippen LogP contribution >= 0.6 is 0 Å². The standard InChI is InChI=1S/C13H18F2N2/c1-17(9-13-3-2-4-16-13)8-10-5-11(14)7-12(15)6-10/h5-7,13,16H,2-4,8-9H2,1H3. The lowest BCUT2D eigenvalue weighted by molar-refractivity contribution is 0.292. The molecule has 2 rings (SSSR count). The van der Waals surface area contributed by atoms with Gasteiger partial charge in [0.05, 0.1) is 0 Å². The van der Waals surface area contributed by atoms with Gasteiger partial charge >= 0.3 is 0 Å². The molecule has 0 amide bonds. The van der Waals surface area contributed by atoms with Crippen molar-refractivity contribution in [1.82, 2.24) is 10.2 Å². The lowest BCUT2D eigenvalue weighted by atomic mass is 10.1. The van der Waals surface area contributed by atoms with Crippen LogP contribution in [-0.4, -0.2) is 31.1 Å². The van der Waals surface area contributed by atoms with E-state index < -0.39 is 11.6 Å². The lowest BCUT2D eigenvalue weighted by Crippen LogP contribution is -2.34. The highest BCUT2D eigenvalue weighted by Crippen LogP contribution is 2.12. The van der Waals surface area contributed by atoms with Gasteiger partial charge in [0, 0.05) is 25.2 Å². The second-order valence-corrected chi connectivity index (χ2v) is 4.77. The average molecular weight is 240 g/mol. The Kier molecular flexibility index (Phi) is 4.07. The first-order chi connectivity index (χ1) is 8.13. The fraction of sp³-hybridized carbons (Fsp3) is 0.538. The molecule has 1 aliphatic rings. The summed E-state index contributed by atoms with van der Waals surface area (Å²) in [6, 6.07) is 4.20. The van der Waals surface area contributed by atoms with Crippen LogP contribution in [0.4, 0.5) is 8.78 Å². The second kappa shape index (κ2) is 5.56. The van der Waals surface area contributed by atoms with E-state index in [2.05, 4.69) is 10.2 Å². The van der Waals surface area contributed by atoms with Crippen molar-refractivity contribution in [3.05, 3.63) is 35.4 Å². The van der Waals surface area contributed by atoms with Gasteiger partial charge in [-0.1, -0.05) is 0 Å². The third-order valence-electron chi connectivity index (χ3n) is 3.07. The molecule has 0 spiro atoms. The van der Waals surface area contributed by atoms with Crippen LogP contribution in [0.15, 0.2) is 18.2 Å². The molecule has 0 bridgehead atoms. The molecule has 0 radical (unpaired) electrons. The molecule has 1 heterocycles. The summed E-state index contributed by atoms with van der Waals surface area (Å²) in [5.41, 5.74) is 0.683. The zero-order valence-electron chi connectivity index (χ0n) is 10.0. The molecule has 1 atom stereocenters. The summed E-state index contributed by atoms with van der Waals surface area (Å²) >= 11 is 0. The third kappa shape index (κ3) is 3.75. The predicted molar refractivity (Wildman–Crippen MR) is 63.7 cm³/mol. The number of hydrogen-bond donors (Lipinski definition) is 1. The van der Waals surface area contributed by atoms with Crippen LogP contribution in [0.1, 0.15) is 18.4 Å². The smallest absolute Gasteiger partial charge is 0.126 e. The summed E-state index contributed by atoms with van der Waals surface area (Å²) in [6.45, 7) is 2.57. The van der Waals surface area contributed by atoms with Crippen LogP contribution in [0.5, 0.6) is 0 Å². The van der Waals surface area contributed by atoms with Gasteiger partial charge in [0.25, 0.3) is 0 Å². The number of hydrogen-bond acceptors (Lipinski definition) is 2. The molecule has 4 heteroatoms. The normalized spacial score (nSPS) is 20.1. The molecule has 0 aliphatic carbocycles. The predicted octanol–water partition coefficient (Wildman–Crippen LogP) is 2.15. The van der Waals surface area contributed by atoms with Crippen molar-refractivity contribution in [2.75, 3.05) is 20.1 Å². The summed E-state index contributed by atoms with van der Waals surface area (Å²) in [7, 11) is 1.98. The Morgan fingerprint density at radius 1 is 1.29 bits per heavy atom. The molecule has 1 aliphatic heterocycles. The van der Waals surface area contributed by atoms with Crippen LogP contribution in [-0.2, 0) is 6.54 Å². The first-order valence-corrected chi connectivity index (χ1v) is 6.00. The lowest BCUT2D eigenvalue weighted by Gasteiger charge is -2.21. The molecule has 17 heavy (non-hydrogen) atoms. The van der Waals surface area contributed by atoms with Crippen LogP contribution < -0.4 is 5.32 Å². The van der Waals surface area contributed by atoms with E-state index in [1.807, 2.05) is 7.05 Å². The number of nitrogens with zero attached hydrogens (tertiary/aromatic N) is 1. The van der Waals surface area contributed by atoms with Crippen molar-refractivity contribution >= 4 is 0 Å². The molecule has 94 valence electrons. The van der Waals surface area contributed by atoms with Crippen molar-refractivity contribution < 1.29 is 8.78 Å². The first kappa shape index (κ1) is 12.5. The molecule has 1 fully saturated rings. The summed E-state index contributed by atoms with van der Waals surface area (Å²) in [6.07, 6.45) is 2.40. The Balaban J connectivity index is 1.90. The van der Waals surface area contributed by atoms with E-state index in [9.17, 15) is 8.78 Å². The van der Waals surface area contributed by atoms with Crippen LogP contribution in [0, 0.1) is 11.6 Å². The number of benzene rings is 1. The highest BCUT2D eigenvalue weighted by Gasteiger charge is 2.16. The zero-order valence-corrected chi connectivity index (χ0v) is 10.0. The molecule has 1 N–H and O–H groups in total. The maximum Gasteiger partial charge on any atom is 0.126 e. The minimum absolute atomic E-state index is 0.507. The highest BCUT2D eigenvalue weighted by molar-refractivity contribution is 5.17. The van der Waals surface area contributed by atoms with Crippen molar-refractivity contribution in [1.29, 1.82) is 0 Å². The maximum atomic E-state index is 13.0. The van der Waals surface area contributed by atoms with Gasteiger partial charge in [-0.15, -0.1) is 0 Å². The number of halogens is 2. The summed E-state index contributed by atoms with van der Waals surface area (Å²) in [5, 5.41) is 3.41. The van der Waals surface area contributed by atoms with Gasteiger partial charge in [0.1, 0.15) is 11.6 Å². The monoisotopic (exact) mass is 240 g/mol. The zero-order chi connectivity index (χ0) is 12.3. The number of likely N-dealkylation sites (N-methyl/N-ethyl adjacent to an activating group) is 1. The van der Waals surface area contributed by atoms with Crippen molar-refractivity contribution in [2.45, 2.75) is 25.4 Å². The summed E-state index contributed by atoms with van der Waals surface area (Å²) < 4.78 is 26.0. The minimum atomic E-state index is -0.507. The van der Waals surface area contributed by atoms with E-state index in [4.69, 9.17) is 0 Å². The van der Waals surface area contributed by atoms with E-state index >= 15 is 0 Å².